The molecule has 0 radical (unpaired) electrons. The molecule has 10 heteroatoms. The lowest BCUT2D eigenvalue weighted by Crippen LogP contribution is -2.46. The first-order valence-corrected chi connectivity index (χ1v) is 9.78. The lowest BCUT2D eigenvalue weighted by atomic mass is 10.1. The number of sulfonamides is 1. The Labute approximate surface area is 156 Å². The van der Waals surface area contributed by atoms with Crippen LogP contribution >= 0.6 is 0 Å². The fraction of sp³-hybridized carbons (Fsp3) is 0.294. The summed E-state index contributed by atoms with van der Waals surface area (Å²) in [7, 11) is -3.72. The molecular weight excluding hydrogens is 372 g/mol. The smallest absolute Gasteiger partial charge is 0.270 e. The Balaban J connectivity index is 1.61. The maximum atomic E-state index is 12.7. The number of carbonyl (C=O) groups is 1. The van der Waals surface area contributed by atoms with Crippen LogP contribution in [0.4, 0.5) is 5.69 Å². The van der Waals surface area contributed by atoms with Crippen molar-refractivity contribution in [1.82, 2.24) is 14.6 Å². The summed E-state index contributed by atoms with van der Waals surface area (Å²) in [6.07, 6.45) is 2.49. The molecule has 1 saturated heterocycles. The molecule has 1 aromatic carbocycles. The van der Waals surface area contributed by atoms with E-state index >= 15 is 0 Å². The zero-order valence-electron chi connectivity index (χ0n) is 14.3. The highest BCUT2D eigenvalue weighted by atomic mass is 32.2. The molecule has 0 unspecified atom stereocenters. The topological polar surface area (TPSA) is 123 Å². The number of nitrogens with one attached hydrogen (secondary N) is 1. The van der Waals surface area contributed by atoms with Crippen molar-refractivity contribution in [3.63, 3.8) is 0 Å². The van der Waals surface area contributed by atoms with E-state index in [9.17, 15) is 23.3 Å². The Morgan fingerprint density at radius 2 is 1.81 bits per heavy atom. The first-order chi connectivity index (χ1) is 12.9. The lowest BCUT2D eigenvalue weighted by Gasteiger charge is -2.31. The largest absolute Gasteiger partial charge is 0.348 e. The van der Waals surface area contributed by atoms with Crippen molar-refractivity contribution >= 4 is 21.6 Å². The number of hydrogen-bond donors (Lipinski definition) is 1. The van der Waals surface area contributed by atoms with Gasteiger partial charge in [0.1, 0.15) is 5.69 Å². The molecule has 27 heavy (non-hydrogen) atoms. The van der Waals surface area contributed by atoms with Gasteiger partial charge in [-0.15, -0.1) is 0 Å². The molecule has 1 N–H and O–H groups in total. The van der Waals surface area contributed by atoms with Gasteiger partial charge in [0.15, 0.2) is 0 Å². The van der Waals surface area contributed by atoms with E-state index in [0.717, 1.165) is 0 Å². The zero-order chi connectivity index (χ0) is 19.4. The van der Waals surface area contributed by atoms with E-state index in [2.05, 4.69) is 10.3 Å². The van der Waals surface area contributed by atoms with Crippen LogP contribution in [-0.4, -0.2) is 47.7 Å². The van der Waals surface area contributed by atoms with Gasteiger partial charge in [-0.2, -0.15) is 4.31 Å². The molecule has 1 aliphatic rings. The molecule has 1 aromatic heterocycles. The number of nitro benzene ring substituents is 1. The molecule has 1 amide bonds. The summed E-state index contributed by atoms with van der Waals surface area (Å²) < 4.78 is 26.7. The van der Waals surface area contributed by atoms with Crippen LogP contribution in [-0.2, 0) is 10.0 Å². The molecule has 1 fully saturated rings. The lowest BCUT2D eigenvalue weighted by molar-refractivity contribution is -0.384. The van der Waals surface area contributed by atoms with E-state index < -0.39 is 14.9 Å². The van der Waals surface area contributed by atoms with Crippen LogP contribution in [0, 0.1) is 10.1 Å². The second kappa shape index (κ2) is 7.80. The minimum atomic E-state index is -3.72. The van der Waals surface area contributed by atoms with Crippen LogP contribution in [0.2, 0.25) is 0 Å². The average molecular weight is 390 g/mol. The van der Waals surface area contributed by atoms with E-state index in [-0.39, 0.29) is 35.6 Å². The number of nitro groups is 1. The molecule has 3 rings (SSSR count). The maximum Gasteiger partial charge on any atom is 0.270 e. The van der Waals surface area contributed by atoms with Crippen molar-refractivity contribution in [3.05, 3.63) is 64.5 Å². The Hall–Kier alpha value is -2.85. The van der Waals surface area contributed by atoms with Crippen LogP contribution in [0.3, 0.4) is 0 Å². The van der Waals surface area contributed by atoms with Crippen molar-refractivity contribution in [2.24, 2.45) is 0 Å². The molecular formula is C17H18N4O5S. The summed E-state index contributed by atoms with van der Waals surface area (Å²) in [5, 5.41) is 13.6. The van der Waals surface area contributed by atoms with Gasteiger partial charge in [-0.3, -0.25) is 19.9 Å². The minimum Gasteiger partial charge on any atom is -0.348 e. The van der Waals surface area contributed by atoms with E-state index in [1.165, 1.54) is 34.8 Å². The number of hydrogen-bond acceptors (Lipinski definition) is 6. The van der Waals surface area contributed by atoms with Gasteiger partial charge >= 0.3 is 0 Å². The van der Waals surface area contributed by atoms with Crippen molar-refractivity contribution in [1.29, 1.82) is 0 Å². The van der Waals surface area contributed by atoms with Crippen LogP contribution in [0.1, 0.15) is 23.3 Å². The third-order valence-electron chi connectivity index (χ3n) is 4.37. The summed E-state index contributed by atoms with van der Waals surface area (Å²) in [6, 6.07) is 9.75. The van der Waals surface area contributed by atoms with Crippen molar-refractivity contribution in [3.8, 4) is 0 Å². The standard InChI is InChI=1S/C17H18N4O5S/c22-17(16-3-1-2-10-18-16)19-13-8-11-20(12-9-13)27(25,26)15-6-4-14(5-7-15)21(23)24/h1-7,10,13H,8-9,11-12H2,(H,19,22). The summed E-state index contributed by atoms with van der Waals surface area (Å²) in [6.45, 7) is 0.513. The summed E-state index contributed by atoms with van der Waals surface area (Å²) >= 11 is 0. The number of non-ortho nitro benzene ring substituents is 1. The number of benzene rings is 1. The van der Waals surface area contributed by atoms with Crippen molar-refractivity contribution < 1.29 is 18.1 Å². The third kappa shape index (κ3) is 4.29. The van der Waals surface area contributed by atoms with Crippen LogP contribution in [0.25, 0.3) is 0 Å². The number of carbonyl (C=O) groups excluding carboxylic acids is 1. The van der Waals surface area contributed by atoms with Crippen LogP contribution in [0.15, 0.2) is 53.6 Å². The molecule has 0 spiro atoms. The summed E-state index contributed by atoms with van der Waals surface area (Å²) in [5.41, 5.74) is 0.156. The van der Waals surface area contributed by atoms with Gasteiger partial charge in [-0.1, -0.05) is 6.07 Å². The summed E-state index contributed by atoms with van der Waals surface area (Å²) in [4.78, 5) is 26.3. The second-order valence-corrected chi connectivity index (χ2v) is 8.06. The number of nitrogens with zero attached hydrogens (tertiary/aromatic N) is 3. The molecule has 2 heterocycles. The fourth-order valence-electron chi connectivity index (χ4n) is 2.89. The van der Waals surface area contributed by atoms with Gasteiger partial charge in [0, 0.05) is 37.5 Å². The Bertz CT molecular complexity index is 924. The van der Waals surface area contributed by atoms with E-state index in [1.807, 2.05) is 0 Å². The molecule has 0 atom stereocenters. The van der Waals surface area contributed by atoms with Crippen LogP contribution in [0.5, 0.6) is 0 Å². The number of pyridine rings is 1. The zero-order valence-corrected chi connectivity index (χ0v) is 15.1. The monoisotopic (exact) mass is 390 g/mol. The normalized spacial score (nSPS) is 16.0. The number of aromatic nitrogens is 1. The number of amides is 1. The molecule has 9 nitrogen and oxygen atoms in total. The maximum absolute atomic E-state index is 12.7. The van der Waals surface area contributed by atoms with E-state index in [4.69, 9.17) is 0 Å². The van der Waals surface area contributed by atoms with Gasteiger partial charge in [0.2, 0.25) is 10.0 Å². The minimum absolute atomic E-state index is 0.0177. The van der Waals surface area contributed by atoms with Gasteiger partial charge < -0.3 is 5.32 Å². The van der Waals surface area contributed by atoms with E-state index in [0.29, 0.717) is 18.5 Å². The molecule has 0 saturated carbocycles. The average Bonchev–Trinajstić information content (AvgIpc) is 2.69. The Morgan fingerprint density at radius 1 is 1.15 bits per heavy atom. The highest BCUT2D eigenvalue weighted by Gasteiger charge is 2.30. The van der Waals surface area contributed by atoms with Gasteiger partial charge in [0.25, 0.3) is 11.6 Å². The first-order valence-electron chi connectivity index (χ1n) is 8.34. The van der Waals surface area contributed by atoms with Gasteiger partial charge in [-0.25, -0.2) is 8.42 Å². The van der Waals surface area contributed by atoms with Gasteiger partial charge in [-0.05, 0) is 37.1 Å². The first kappa shape index (κ1) is 18.9. The quantitative estimate of drug-likeness (QED) is 0.611. The molecule has 0 aliphatic carbocycles. The van der Waals surface area contributed by atoms with E-state index in [1.54, 1.807) is 18.2 Å². The highest BCUT2D eigenvalue weighted by molar-refractivity contribution is 7.89. The fourth-order valence-corrected chi connectivity index (χ4v) is 4.36. The third-order valence-corrected chi connectivity index (χ3v) is 6.28. The number of rotatable bonds is 5. The Morgan fingerprint density at radius 3 is 2.37 bits per heavy atom. The van der Waals surface area contributed by atoms with Crippen molar-refractivity contribution in [2.75, 3.05) is 13.1 Å². The molecule has 142 valence electrons. The van der Waals surface area contributed by atoms with Crippen molar-refractivity contribution in [2.45, 2.75) is 23.8 Å². The Kier molecular flexibility index (Phi) is 5.47. The predicted octanol–water partition coefficient (Wildman–Crippen LogP) is 1.57. The number of piperidine rings is 1. The highest BCUT2D eigenvalue weighted by Crippen LogP contribution is 2.23. The van der Waals surface area contributed by atoms with Gasteiger partial charge in [0.05, 0.1) is 9.82 Å². The molecule has 0 bridgehead atoms. The predicted molar refractivity (Wildman–Crippen MR) is 96.6 cm³/mol. The second-order valence-electron chi connectivity index (χ2n) is 6.12. The molecule has 2 aromatic rings. The SMILES string of the molecule is O=C(NC1CCN(S(=O)(=O)c2ccc([N+](=O)[O-])cc2)CC1)c1ccccn1. The molecule has 1 aliphatic heterocycles. The van der Waals surface area contributed by atoms with Crippen LogP contribution < -0.4 is 5.32 Å². The summed E-state index contributed by atoms with van der Waals surface area (Å²) in [5.74, 6) is -0.285.